The van der Waals surface area contributed by atoms with Crippen LogP contribution in [0.4, 0.5) is 0 Å². The van der Waals surface area contributed by atoms with Gasteiger partial charge in [-0.3, -0.25) is 9.80 Å². The van der Waals surface area contributed by atoms with E-state index in [9.17, 15) is 0 Å². The molecule has 0 bridgehead atoms. The molecule has 0 saturated carbocycles. The highest BCUT2D eigenvalue weighted by Crippen LogP contribution is 2.22. The van der Waals surface area contributed by atoms with E-state index in [0.717, 1.165) is 17.6 Å². The Bertz CT molecular complexity index is 395. The van der Waals surface area contributed by atoms with Crippen molar-refractivity contribution in [2.24, 2.45) is 0 Å². The molecule has 0 aromatic carbocycles. The molecule has 3 rings (SSSR count). The lowest BCUT2D eigenvalue weighted by Gasteiger charge is -2.39. The van der Waals surface area contributed by atoms with E-state index >= 15 is 0 Å². The Labute approximate surface area is 123 Å². The fourth-order valence-electron chi connectivity index (χ4n) is 2.98. The van der Waals surface area contributed by atoms with Crippen molar-refractivity contribution in [3.63, 3.8) is 0 Å². The number of piperidine rings is 1. The van der Waals surface area contributed by atoms with Crippen molar-refractivity contribution in [3.05, 3.63) is 10.0 Å². The summed E-state index contributed by atoms with van der Waals surface area (Å²) in [6, 6.07) is 0.827. The Kier molecular flexibility index (Phi) is 4.73. The second-order valence-corrected chi connectivity index (χ2v) is 7.86. The lowest BCUT2D eigenvalue weighted by atomic mass is 10.0. The molecule has 6 heteroatoms. The lowest BCUT2D eigenvalue weighted by Crippen LogP contribution is -2.47. The third-order valence-electron chi connectivity index (χ3n) is 4.05. The topological polar surface area (TPSA) is 32.3 Å². The molecule has 2 aliphatic rings. The SMILES string of the molecule is Cc1nnc(CN2CCC(N3CCSCC3)CC2)s1. The third-order valence-corrected chi connectivity index (χ3v) is 5.81. The summed E-state index contributed by atoms with van der Waals surface area (Å²) in [7, 11) is 0. The second-order valence-electron chi connectivity index (χ2n) is 5.37. The summed E-state index contributed by atoms with van der Waals surface area (Å²) < 4.78 is 0. The van der Waals surface area contributed by atoms with Gasteiger partial charge in [0.1, 0.15) is 10.0 Å². The van der Waals surface area contributed by atoms with Crippen molar-refractivity contribution in [1.29, 1.82) is 0 Å². The monoisotopic (exact) mass is 298 g/mol. The minimum Gasteiger partial charge on any atom is -0.299 e. The van der Waals surface area contributed by atoms with Gasteiger partial charge >= 0.3 is 0 Å². The normalized spacial score (nSPS) is 23.8. The Morgan fingerprint density at radius 3 is 2.47 bits per heavy atom. The molecule has 0 amide bonds. The van der Waals surface area contributed by atoms with Crippen LogP contribution < -0.4 is 0 Å². The van der Waals surface area contributed by atoms with E-state index in [2.05, 4.69) is 31.8 Å². The van der Waals surface area contributed by atoms with E-state index < -0.39 is 0 Å². The predicted octanol–water partition coefficient (Wildman–Crippen LogP) is 1.86. The zero-order valence-electron chi connectivity index (χ0n) is 11.5. The van der Waals surface area contributed by atoms with Gasteiger partial charge in [-0.15, -0.1) is 21.5 Å². The van der Waals surface area contributed by atoms with Gasteiger partial charge in [0.2, 0.25) is 0 Å². The van der Waals surface area contributed by atoms with Crippen molar-refractivity contribution < 1.29 is 0 Å². The maximum atomic E-state index is 4.23. The van der Waals surface area contributed by atoms with E-state index in [1.165, 1.54) is 55.5 Å². The van der Waals surface area contributed by atoms with E-state index in [4.69, 9.17) is 0 Å². The molecule has 0 radical (unpaired) electrons. The van der Waals surface area contributed by atoms with Crippen molar-refractivity contribution >= 4 is 23.1 Å². The maximum Gasteiger partial charge on any atom is 0.131 e. The summed E-state index contributed by atoms with van der Waals surface area (Å²) in [5.41, 5.74) is 0. The molecule has 1 aromatic heterocycles. The fourth-order valence-corrected chi connectivity index (χ4v) is 4.66. The van der Waals surface area contributed by atoms with Gasteiger partial charge in [0.25, 0.3) is 0 Å². The van der Waals surface area contributed by atoms with Crippen LogP contribution in [0.2, 0.25) is 0 Å². The molecule has 2 aliphatic heterocycles. The van der Waals surface area contributed by atoms with E-state index in [0.29, 0.717) is 0 Å². The number of hydrogen-bond acceptors (Lipinski definition) is 6. The minimum atomic E-state index is 0.827. The quantitative estimate of drug-likeness (QED) is 0.850. The number of nitrogens with zero attached hydrogens (tertiary/aromatic N) is 4. The van der Waals surface area contributed by atoms with Gasteiger partial charge in [0.15, 0.2) is 0 Å². The fraction of sp³-hybridized carbons (Fsp3) is 0.846. The average Bonchev–Trinajstić information content (AvgIpc) is 2.86. The molecule has 0 aliphatic carbocycles. The number of hydrogen-bond donors (Lipinski definition) is 0. The summed E-state index contributed by atoms with van der Waals surface area (Å²) in [6.07, 6.45) is 2.64. The van der Waals surface area contributed by atoms with Crippen LogP contribution in [-0.2, 0) is 6.54 Å². The van der Waals surface area contributed by atoms with Gasteiger partial charge in [-0.25, -0.2) is 0 Å². The van der Waals surface area contributed by atoms with Crippen molar-refractivity contribution in [3.8, 4) is 0 Å². The average molecular weight is 298 g/mol. The molecule has 0 unspecified atom stereocenters. The molecule has 2 fully saturated rings. The summed E-state index contributed by atoms with van der Waals surface area (Å²) in [6.45, 7) is 8.05. The maximum absolute atomic E-state index is 4.23. The lowest BCUT2D eigenvalue weighted by molar-refractivity contribution is 0.112. The highest BCUT2D eigenvalue weighted by atomic mass is 32.2. The van der Waals surface area contributed by atoms with Crippen LogP contribution in [0, 0.1) is 6.92 Å². The zero-order chi connectivity index (χ0) is 13.1. The number of aryl methyl sites for hydroxylation is 1. The summed E-state index contributed by atoms with van der Waals surface area (Å²) in [4.78, 5) is 5.25. The van der Waals surface area contributed by atoms with Crippen molar-refractivity contribution in [1.82, 2.24) is 20.0 Å². The highest BCUT2D eigenvalue weighted by Gasteiger charge is 2.25. The van der Waals surface area contributed by atoms with Gasteiger partial charge in [0, 0.05) is 43.7 Å². The van der Waals surface area contributed by atoms with Gasteiger partial charge in [-0.05, 0) is 19.8 Å². The van der Waals surface area contributed by atoms with Crippen LogP contribution in [0.5, 0.6) is 0 Å². The Morgan fingerprint density at radius 1 is 1.11 bits per heavy atom. The first-order chi connectivity index (χ1) is 9.31. The van der Waals surface area contributed by atoms with Gasteiger partial charge in [-0.1, -0.05) is 0 Å². The standard InChI is InChI=1S/C13H22N4S2/c1-11-14-15-13(19-11)10-16-4-2-12(3-5-16)17-6-8-18-9-7-17/h12H,2-10H2,1H3. The molecule has 3 heterocycles. The van der Waals surface area contributed by atoms with Crippen molar-refractivity contribution in [2.45, 2.75) is 32.4 Å². The van der Waals surface area contributed by atoms with Crippen LogP contribution in [0.25, 0.3) is 0 Å². The smallest absolute Gasteiger partial charge is 0.131 e. The molecule has 0 N–H and O–H groups in total. The number of rotatable bonds is 3. The van der Waals surface area contributed by atoms with E-state index in [1.54, 1.807) is 11.3 Å². The van der Waals surface area contributed by atoms with E-state index in [-0.39, 0.29) is 0 Å². The molecule has 1 aromatic rings. The zero-order valence-corrected chi connectivity index (χ0v) is 13.2. The summed E-state index contributed by atoms with van der Waals surface area (Å²) in [5, 5.41) is 10.6. The van der Waals surface area contributed by atoms with E-state index in [1.807, 2.05) is 6.92 Å². The first-order valence-electron chi connectivity index (χ1n) is 7.14. The van der Waals surface area contributed by atoms with Crippen molar-refractivity contribution in [2.75, 3.05) is 37.7 Å². The molecule has 19 heavy (non-hydrogen) atoms. The first kappa shape index (κ1) is 13.8. The first-order valence-corrected chi connectivity index (χ1v) is 9.11. The second kappa shape index (κ2) is 6.52. The van der Waals surface area contributed by atoms with Crippen LogP contribution in [0.1, 0.15) is 22.9 Å². The Balaban J connectivity index is 1.46. The van der Waals surface area contributed by atoms with Crippen LogP contribution in [0.15, 0.2) is 0 Å². The highest BCUT2D eigenvalue weighted by molar-refractivity contribution is 7.99. The Hall–Kier alpha value is -0.170. The number of thioether (sulfide) groups is 1. The van der Waals surface area contributed by atoms with Gasteiger partial charge in [-0.2, -0.15) is 11.8 Å². The van der Waals surface area contributed by atoms with Gasteiger partial charge in [0.05, 0.1) is 6.54 Å². The van der Waals surface area contributed by atoms with Crippen LogP contribution in [0.3, 0.4) is 0 Å². The summed E-state index contributed by atoms with van der Waals surface area (Å²) in [5.74, 6) is 2.65. The van der Waals surface area contributed by atoms with Crippen LogP contribution in [-0.4, -0.2) is 63.7 Å². The number of likely N-dealkylation sites (tertiary alicyclic amines) is 1. The Morgan fingerprint density at radius 2 is 1.84 bits per heavy atom. The molecule has 0 spiro atoms. The molecule has 4 nitrogen and oxygen atoms in total. The van der Waals surface area contributed by atoms with Gasteiger partial charge < -0.3 is 0 Å². The molecular weight excluding hydrogens is 276 g/mol. The largest absolute Gasteiger partial charge is 0.299 e. The minimum absolute atomic E-state index is 0.827. The molecule has 0 atom stereocenters. The molecule has 2 saturated heterocycles. The predicted molar refractivity (Wildman–Crippen MR) is 81.8 cm³/mol. The molecular formula is C13H22N4S2. The molecule has 106 valence electrons. The number of aromatic nitrogens is 2. The third kappa shape index (κ3) is 3.68. The van der Waals surface area contributed by atoms with Crippen LogP contribution >= 0.6 is 23.1 Å². The summed E-state index contributed by atoms with van der Waals surface area (Å²) >= 11 is 3.83.